The molecule has 0 heterocycles. The van der Waals surface area contributed by atoms with Crippen molar-refractivity contribution in [2.24, 2.45) is 11.8 Å². The lowest BCUT2D eigenvalue weighted by atomic mass is 9.79. The number of hydrogen-bond donors (Lipinski definition) is 0. The summed E-state index contributed by atoms with van der Waals surface area (Å²) in [7, 11) is 6.09. The fraction of sp³-hybridized carbons (Fsp3) is 0.850. The summed E-state index contributed by atoms with van der Waals surface area (Å²) in [6.07, 6.45) is 60.2. The zero-order valence-corrected chi connectivity index (χ0v) is 45.9. The fourth-order valence-electron chi connectivity index (χ4n) is 9.19. The maximum absolute atomic E-state index is 14.3. The highest BCUT2D eigenvalue weighted by molar-refractivity contribution is 6.03. The highest BCUT2D eigenvalue weighted by atomic mass is 35.5. The third-order valence-electron chi connectivity index (χ3n) is 13.5. The molecule has 0 spiro atoms. The van der Waals surface area contributed by atoms with Crippen molar-refractivity contribution < 1.29 is 36.0 Å². The van der Waals surface area contributed by atoms with Gasteiger partial charge in [-0.25, -0.2) is 0 Å². The molecule has 0 rings (SSSR count). The van der Waals surface area contributed by atoms with Crippen LogP contribution in [0.4, 0.5) is 0 Å². The molecule has 0 aliphatic heterocycles. The average Bonchev–Trinajstić information content (AvgIpc) is 3.28. The smallest absolute Gasteiger partial charge is 0.321 e. The van der Waals surface area contributed by atoms with Crippen molar-refractivity contribution in [1.29, 1.82) is 0 Å². The minimum absolute atomic E-state index is 0. The molecule has 0 aromatic carbocycles. The molecule has 3 unspecified atom stereocenters. The Hall–Kier alpha value is -1.72. The average molecular weight is 947 g/mol. The van der Waals surface area contributed by atoms with Gasteiger partial charge in [0.15, 0.2) is 0 Å². The molecule has 0 aromatic rings. The SMILES string of the molecule is CCCCCCCC/C=C\CCCCCCCC(=O)C(CCCCC/C=C\CCCCCCCC)C(C(=O)CCCCCCC/C=C\CCCCCCCC)C(=O)OC(CC)[N+](C)(C)C.[Cl-]. The minimum Gasteiger partial charge on any atom is -1.00 e. The molecular weight excluding hydrogens is 834 g/mol. The van der Waals surface area contributed by atoms with E-state index < -0.39 is 17.8 Å². The molecule has 5 nitrogen and oxygen atoms in total. The van der Waals surface area contributed by atoms with Crippen LogP contribution in [0.15, 0.2) is 36.5 Å². The number of Topliss-reactive ketones (excluding diaryl/α,β-unsaturated/α-hetero) is 2. The maximum Gasteiger partial charge on any atom is 0.321 e. The number of nitrogens with zero attached hydrogens (tertiary/aromatic N) is 1. The zero-order valence-electron chi connectivity index (χ0n) is 45.1. The second kappa shape index (κ2) is 49.7. The van der Waals surface area contributed by atoms with Crippen molar-refractivity contribution in [1.82, 2.24) is 0 Å². The van der Waals surface area contributed by atoms with Gasteiger partial charge in [-0.1, -0.05) is 212 Å². The number of allylic oxidation sites excluding steroid dienone is 6. The van der Waals surface area contributed by atoms with E-state index in [0.29, 0.717) is 30.2 Å². The van der Waals surface area contributed by atoms with Gasteiger partial charge >= 0.3 is 5.97 Å². The molecule has 0 N–H and O–H groups in total. The number of esters is 1. The van der Waals surface area contributed by atoms with E-state index in [-0.39, 0.29) is 30.2 Å². The Kier molecular flexibility index (Phi) is 50.0. The summed E-state index contributed by atoms with van der Waals surface area (Å²) < 4.78 is 6.67. The lowest BCUT2D eigenvalue weighted by Crippen LogP contribution is -3.00. The highest BCUT2D eigenvalue weighted by Gasteiger charge is 2.41. The van der Waals surface area contributed by atoms with Crippen LogP contribution in [-0.4, -0.2) is 49.4 Å². The molecule has 0 saturated heterocycles. The van der Waals surface area contributed by atoms with Crippen molar-refractivity contribution in [3.8, 4) is 0 Å². The van der Waals surface area contributed by atoms with Gasteiger partial charge in [-0.05, 0) is 96.3 Å². The largest absolute Gasteiger partial charge is 1.00 e. The third kappa shape index (κ3) is 41.3. The van der Waals surface area contributed by atoms with Crippen molar-refractivity contribution in [3.63, 3.8) is 0 Å². The van der Waals surface area contributed by atoms with E-state index in [1.807, 2.05) is 28.1 Å². The van der Waals surface area contributed by atoms with Crippen LogP contribution in [0.3, 0.4) is 0 Å². The van der Waals surface area contributed by atoms with Crippen molar-refractivity contribution >= 4 is 17.5 Å². The topological polar surface area (TPSA) is 60.4 Å². The van der Waals surface area contributed by atoms with Crippen LogP contribution >= 0.6 is 0 Å². The van der Waals surface area contributed by atoms with E-state index in [4.69, 9.17) is 4.74 Å². The van der Waals surface area contributed by atoms with Crippen LogP contribution in [0.25, 0.3) is 0 Å². The molecule has 0 saturated carbocycles. The molecule has 0 amide bonds. The monoisotopic (exact) mass is 946 g/mol. The molecule has 0 bridgehead atoms. The number of rotatable bonds is 50. The molecule has 3 atom stereocenters. The van der Waals surface area contributed by atoms with E-state index in [1.54, 1.807) is 0 Å². The zero-order chi connectivity index (χ0) is 47.9. The predicted octanol–water partition coefficient (Wildman–Crippen LogP) is 15.7. The molecule has 0 radical (unpaired) electrons. The molecule has 0 aromatic heterocycles. The Morgan fingerprint density at radius 2 is 0.682 bits per heavy atom. The first kappa shape index (κ1) is 66.4. The lowest BCUT2D eigenvalue weighted by Gasteiger charge is -2.34. The first-order chi connectivity index (χ1) is 31.6. The molecule has 0 aliphatic rings. The van der Waals surface area contributed by atoms with Gasteiger partial charge in [0.1, 0.15) is 17.5 Å². The quantitative estimate of drug-likeness (QED) is 0.0152. The van der Waals surface area contributed by atoms with Crippen molar-refractivity contribution in [2.75, 3.05) is 21.1 Å². The van der Waals surface area contributed by atoms with Crippen molar-refractivity contribution in [2.45, 2.75) is 297 Å². The van der Waals surface area contributed by atoms with Crippen LogP contribution in [0.1, 0.15) is 291 Å². The number of carbonyl (C=O) groups is 3. The highest BCUT2D eigenvalue weighted by Crippen LogP contribution is 2.29. The summed E-state index contributed by atoms with van der Waals surface area (Å²) in [6, 6.07) is 0. The predicted molar refractivity (Wildman–Crippen MR) is 284 cm³/mol. The molecule has 66 heavy (non-hydrogen) atoms. The Balaban J connectivity index is 0. The van der Waals surface area contributed by atoms with Gasteiger partial charge in [-0.15, -0.1) is 0 Å². The second-order valence-electron chi connectivity index (χ2n) is 20.8. The summed E-state index contributed by atoms with van der Waals surface area (Å²) >= 11 is 0. The molecule has 6 heteroatoms. The summed E-state index contributed by atoms with van der Waals surface area (Å²) in [6.45, 7) is 8.84. The van der Waals surface area contributed by atoms with E-state index >= 15 is 0 Å². The molecular formula is C60H112ClNO4. The Morgan fingerprint density at radius 1 is 0.394 bits per heavy atom. The number of hydrogen-bond acceptors (Lipinski definition) is 4. The molecule has 388 valence electrons. The maximum atomic E-state index is 14.3. The number of halogens is 1. The second-order valence-corrected chi connectivity index (χ2v) is 20.8. The number of quaternary nitrogens is 1. The minimum atomic E-state index is -1.000. The normalized spacial score (nSPS) is 13.4. The van der Waals surface area contributed by atoms with Gasteiger partial charge in [0.25, 0.3) is 0 Å². The van der Waals surface area contributed by atoms with Crippen LogP contribution in [0, 0.1) is 11.8 Å². The first-order valence-corrected chi connectivity index (χ1v) is 28.7. The standard InChI is InChI=1S/C60H112NO4.ClH/c1-8-12-15-18-21-24-27-30-32-35-38-41-44-47-50-53-56(62)55(52-49-46-43-40-37-34-29-26-23-20-17-14-10-3)59(60(64)65-58(11-4)61(5,6)7)57(63)54-51-48-45-42-39-36-33-31-28-25-22-19-16-13-9-2;/h30-34,37,55,58-59H,8-29,35-36,38-54H2,1-7H3;1H/q+1;/p-1/b32-30-,33-31-,37-34-;. The number of unbranched alkanes of at least 4 members (excludes halogenated alkanes) is 31. The van der Waals surface area contributed by atoms with Gasteiger partial charge in [0.05, 0.1) is 21.1 Å². The van der Waals surface area contributed by atoms with Crippen LogP contribution in [0.2, 0.25) is 0 Å². The van der Waals surface area contributed by atoms with E-state index in [1.165, 1.54) is 148 Å². The first-order valence-electron chi connectivity index (χ1n) is 28.7. The third-order valence-corrected chi connectivity index (χ3v) is 13.5. The summed E-state index contributed by atoms with van der Waals surface area (Å²) in [4.78, 5) is 42.7. The van der Waals surface area contributed by atoms with Gasteiger partial charge in [0.2, 0.25) is 6.23 Å². The van der Waals surface area contributed by atoms with Crippen LogP contribution < -0.4 is 12.4 Å². The Morgan fingerprint density at radius 3 is 1.00 bits per heavy atom. The summed E-state index contributed by atoms with van der Waals surface area (Å²) in [5.74, 6) is -2.05. The lowest BCUT2D eigenvalue weighted by molar-refractivity contribution is -0.917. The van der Waals surface area contributed by atoms with Crippen LogP contribution in [-0.2, 0) is 19.1 Å². The van der Waals surface area contributed by atoms with E-state index in [0.717, 1.165) is 89.9 Å². The number of ketones is 2. The Labute approximate surface area is 418 Å². The van der Waals surface area contributed by atoms with Gasteiger partial charge in [0, 0.05) is 25.2 Å². The molecule has 0 fully saturated rings. The van der Waals surface area contributed by atoms with Crippen LogP contribution in [0.5, 0.6) is 0 Å². The van der Waals surface area contributed by atoms with E-state index in [2.05, 4.69) is 57.2 Å². The Bertz CT molecular complexity index is 1170. The fourth-order valence-corrected chi connectivity index (χ4v) is 9.19. The van der Waals surface area contributed by atoms with E-state index in [9.17, 15) is 14.4 Å². The summed E-state index contributed by atoms with van der Waals surface area (Å²) in [5, 5.41) is 0. The summed E-state index contributed by atoms with van der Waals surface area (Å²) in [5.41, 5.74) is 0. The van der Waals surface area contributed by atoms with Gasteiger partial charge in [-0.3, -0.25) is 18.9 Å². The number of carbonyl (C=O) groups excluding carboxylic acids is 3. The molecule has 0 aliphatic carbocycles. The van der Waals surface area contributed by atoms with Crippen molar-refractivity contribution in [3.05, 3.63) is 36.5 Å². The number of ether oxygens (including phenoxy) is 1. The van der Waals surface area contributed by atoms with Gasteiger partial charge < -0.3 is 17.1 Å². The van der Waals surface area contributed by atoms with Gasteiger partial charge in [-0.2, -0.15) is 0 Å².